The predicted octanol–water partition coefficient (Wildman–Crippen LogP) is 0.382. The summed E-state index contributed by atoms with van der Waals surface area (Å²) in [6.07, 6.45) is 2.27. The van der Waals surface area contributed by atoms with E-state index in [-0.39, 0.29) is 18.0 Å². The van der Waals surface area contributed by atoms with Crippen LogP contribution in [0.15, 0.2) is 4.99 Å². The number of amidine groups is 1. The molecule has 1 aromatic heterocycles. The van der Waals surface area contributed by atoms with E-state index in [1.165, 1.54) is 9.80 Å². The second kappa shape index (κ2) is 7.99. The summed E-state index contributed by atoms with van der Waals surface area (Å²) >= 11 is 0. The van der Waals surface area contributed by atoms with Crippen LogP contribution in [0.5, 0.6) is 0 Å². The molecule has 0 saturated carbocycles. The van der Waals surface area contributed by atoms with E-state index in [0.29, 0.717) is 38.7 Å². The van der Waals surface area contributed by atoms with E-state index in [2.05, 4.69) is 16.4 Å². The van der Waals surface area contributed by atoms with Crippen LogP contribution in [0.3, 0.4) is 0 Å². The highest BCUT2D eigenvalue weighted by molar-refractivity contribution is 6.20. The summed E-state index contributed by atoms with van der Waals surface area (Å²) in [6, 6.07) is -0.897. The standard InChI is InChI=1S/C21H31N6O4/c1-14-15(2)27-17-18(22-20(27)26(14)13-16-5-4-10-31-16)23(3)21(29)25(19(17)28)7-6-24-8-11-30-12-9-24/h16-17H,4-13H2,1-3H3/q+1. The SMILES string of the molecule is Cc1c(C)[n+](CC2CCCO2)c2n1C1C(=O)N(CCN3CCOCC3)C(=O)N(C)C1=N2. The second-order valence-corrected chi connectivity index (χ2v) is 8.74. The number of nitrogens with zero attached hydrogens (tertiary/aromatic N) is 6. The highest BCUT2D eigenvalue weighted by Gasteiger charge is 2.54. The summed E-state index contributed by atoms with van der Waals surface area (Å²) in [7, 11) is 1.71. The Balaban J connectivity index is 1.42. The first-order valence-electron chi connectivity index (χ1n) is 11.2. The van der Waals surface area contributed by atoms with Gasteiger partial charge in [-0.3, -0.25) is 19.5 Å². The van der Waals surface area contributed by atoms with Crippen molar-refractivity contribution >= 4 is 23.7 Å². The Labute approximate surface area is 182 Å². The van der Waals surface area contributed by atoms with Gasteiger partial charge in [-0.05, 0) is 26.7 Å². The van der Waals surface area contributed by atoms with E-state index in [9.17, 15) is 9.59 Å². The summed E-state index contributed by atoms with van der Waals surface area (Å²) in [4.78, 5) is 36.5. The molecule has 4 aliphatic rings. The molecular formula is C21H31N6O4+. The summed E-state index contributed by atoms with van der Waals surface area (Å²) in [5, 5.41) is 0. The molecule has 10 nitrogen and oxygen atoms in total. The molecule has 2 unspecified atom stereocenters. The monoisotopic (exact) mass is 431 g/mol. The van der Waals surface area contributed by atoms with E-state index < -0.39 is 6.04 Å². The van der Waals surface area contributed by atoms with Gasteiger partial charge < -0.3 is 9.47 Å². The van der Waals surface area contributed by atoms with Crippen molar-refractivity contribution in [3.63, 3.8) is 0 Å². The molecule has 5 heterocycles. The average Bonchev–Trinajstić information content (AvgIpc) is 3.48. The number of imide groups is 1. The molecule has 1 aromatic rings. The first-order valence-corrected chi connectivity index (χ1v) is 11.2. The number of fused-ring (bicyclic) bond motifs is 3. The van der Waals surface area contributed by atoms with Crippen molar-refractivity contribution in [1.82, 2.24) is 19.3 Å². The zero-order valence-corrected chi connectivity index (χ0v) is 18.5. The van der Waals surface area contributed by atoms with Gasteiger partial charge in [0.2, 0.25) is 11.9 Å². The van der Waals surface area contributed by atoms with Crippen LogP contribution >= 0.6 is 0 Å². The molecule has 3 amide bonds. The van der Waals surface area contributed by atoms with Crippen LogP contribution in [0.1, 0.15) is 30.3 Å². The van der Waals surface area contributed by atoms with Gasteiger partial charge in [-0.2, -0.15) is 0 Å². The number of ether oxygens (including phenoxy) is 2. The van der Waals surface area contributed by atoms with Gasteiger partial charge in [0, 0.05) is 39.8 Å². The molecule has 3 fully saturated rings. The van der Waals surface area contributed by atoms with Gasteiger partial charge in [-0.1, -0.05) is 4.99 Å². The number of aliphatic imine (C=N–C) groups is 1. The van der Waals surface area contributed by atoms with Gasteiger partial charge in [-0.15, -0.1) is 0 Å². The number of imidazole rings is 1. The lowest BCUT2D eigenvalue weighted by Gasteiger charge is -2.35. The van der Waals surface area contributed by atoms with Crippen LogP contribution < -0.4 is 4.57 Å². The fraction of sp³-hybridized carbons (Fsp3) is 0.714. The third-order valence-corrected chi connectivity index (χ3v) is 6.98. The molecule has 4 aliphatic heterocycles. The lowest BCUT2D eigenvalue weighted by molar-refractivity contribution is -0.695. The minimum atomic E-state index is -0.591. The zero-order valence-electron chi connectivity index (χ0n) is 18.5. The van der Waals surface area contributed by atoms with Gasteiger partial charge in [0.05, 0.1) is 25.9 Å². The largest absolute Gasteiger partial charge is 0.402 e. The molecule has 2 atom stereocenters. The molecule has 10 heteroatoms. The maximum Gasteiger partial charge on any atom is 0.402 e. The number of carbonyl (C=O) groups is 2. The lowest BCUT2D eigenvalue weighted by Crippen LogP contribution is -2.59. The predicted molar refractivity (Wildman–Crippen MR) is 111 cm³/mol. The molecule has 0 bridgehead atoms. The number of urea groups is 1. The van der Waals surface area contributed by atoms with E-state index in [4.69, 9.17) is 14.5 Å². The molecule has 0 N–H and O–H groups in total. The Morgan fingerprint density at radius 2 is 1.90 bits per heavy atom. The number of likely N-dealkylation sites (N-methyl/N-ethyl adjacent to an activating group) is 1. The number of hydrogen-bond donors (Lipinski definition) is 0. The molecular weight excluding hydrogens is 400 g/mol. The van der Waals surface area contributed by atoms with Crippen molar-refractivity contribution in [3.05, 3.63) is 11.4 Å². The Hall–Kier alpha value is -2.30. The molecule has 0 radical (unpaired) electrons. The quantitative estimate of drug-likeness (QED) is 0.630. The number of rotatable bonds is 5. The van der Waals surface area contributed by atoms with Gasteiger partial charge in [-0.25, -0.2) is 13.9 Å². The summed E-state index contributed by atoms with van der Waals surface area (Å²) in [5.41, 5.74) is 2.08. The van der Waals surface area contributed by atoms with Crippen molar-refractivity contribution < 1.29 is 23.6 Å². The maximum atomic E-state index is 13.5. The molecule has 0 aromatic carbocycles. The highest BCUT2D eigenvalue weighted by Crippen LogP contribution is 2.35. The number of carbonyl (C=O) groups excluding carboxylic acids is 2. The molecule has 3 saturated heterocycles. The lowest BCUT2D eigenvalue weighted by atomic mass is 10.1. The van der Waals surface area contributed by atoms with Crippen molar-refractivity contribution in [2.45, 2.75) is 45.4 Å². The van der Waals surface area contributed by atoms with Crippen molar-refractivity contribution in [2.24, 2.45) is 4.99 Å². The summed E-state index contributed by atoms with van der Waals surface area (Å²) in [6.45, 7) is 9.65. The number of morpholine rings is 1. The summed E-state index contributed by atoms with van der Waals surface area (Å²) in [5.74, 6) is 1.04. The van der Waals surface area contributed by atoms with E-state index >= 15 is 0 Å². The Morgan fingerprint density at radius 1 is 1.13 bits per heavy atom. The second-order valence-electron chi connectivity index (χ2n) is 8.74. The van der Waals surface area contributed by atoms with E-state index in [0.717, 1.165) is 49.9 Å². The molecule has 0 spiro atoms. The molecule has 168 valence electrons. The first kappa shape index (κ1) is 20.6. The fourth-order valence-corrected chi connectivity index (χ4v) is 4.98. The van der Waals surface area contributed by atoms with E-state index in [1.54, 1.807) is 7.05 Å². The third kappa shape index (κ3) is 3.37. The fourth-order valence-electron chi connectivity index (χ4n) is 4.98. The third-order valence-electron chi connectivity index (χ3n) is 6.98. The van der Waals surface area contributed by atoms with Crippen LogP contribution in [0.4, 0.5) is 10.7 Å². The van der Waals surface area contributed by atoms with Gasteiger partial charge in [0.15, 0.2) is 0 Å². The van der Waals surface area contributed by atoms with Crippen LogP contribution in [0, 0.1) is 13.8 Å². The Bertz CT molecular complexity index is 929. The molecule has 0 aliphatic carbocycles. The number of aromatic nitrogens is 2. The van der Waals surface area contributed by atoms with Crippen LogP contribution in [0.2, 0.25) is 0 Å². The summed E-state index contributed by atoms with van der Waals surface area (Å²) < 4.78 is 15.4. The molecule has 5 rings (SSSR count). The smallest absolute Gasteiger partial charge is 0.379 e. The normalized spacial score (nSPS) is 26.5. The highest BCUT2D eigenvalue weighted by atomic mass is 16.5. The van der Waals surface area contributed by atoms with Crippen LogP contribution in [0.25, 0.3) is 0 Å². The van der Waals surface area contributed by atoms with E-state index in [1.807, 2.05) is 11.5 Å². The minimum absolute atomic E-state index is 0.165. The van der Waals surface area contributed by atoms with Gasteiger partial charge in [0.25, 0.3) is 5.91 Å². The zero-order chi connectivity index (χ0) is 21.7. The number of hydrogen-bond acceptors (Lipinski definition) is 6. The van der Waals surface area contributed by atoms with Crippen molar-refractivity contribution in [1.29, 1.82) is 0 Å². The van der Waals surface area contributed by atoms with Crippen LogP contribution in [-0.4, -0.2) is 96.2 Å². The van der Waals surface area contributed by atoms with Crippen LogP contribution in [-0.2, 0) is 20.8 Å². The number of amides is 3. The topological polar surface area (TPSA) is 83.5 Å². The van der Waals surface area contributed by atoms with Crippen molar-refractivity contribution in [2.75, 3.05) is 53.0 Å². The van der Waals surface area contributed by atoms with Crippen molar-refractivity contribution in [3.8, 4) is 0 Å². The maximum absolute atomic E-state index is 13.5. The Morgan fingerprint density at radius 3 is 2.61 bits per heavy atom. The average molecular weight is 432 g/mol. The molecule has 31 heavy (non-hydrogen) atoms. The minimum Gasteiger partial charge on any atom is -0.379 e. The Kier molecular flexibility index (Phi) is 5.31. The first-order chi connectivity index (χ1) is 15.0. The van der Waals surface area contributed by atoms with Gasteiger partial charge >= 0.3 is 12.0 Å². The van der Waals surface area contributed by atoms with Gasteiger partial charge in [0.1, 0.15) is 11.4 Å².